The van der Waals surface area contributed by atoms with Gasteiger partial charge in [-0.25, -0.2) is 4.79 Å². The number of rotatable bonds is 3. The average molecular weight is 291 g/mol. The zero-order valence-electron chi connectivity index (χ0n) is 11.7. The van der Waals surface area contributed by atoms with Crippen LogP contribution < -0.4 is 0 Å². The zero-order valence-corrected chi connectivity index (χ0v) is 11.7. The van der Waals surface area contributed by atoms with Gasteiger partial charge < -0.3 is 9.67 Å². The van der Waals surface area contributed by atoms with Crippen LogP contribution in [0.2, 0.25) is 0 Å². The van der Waals surface area contributed by atoms with Gasteiger partial charge in [-0.3, -0.25) is 5.10 Å². The molecule has 22 heavy (non-hydrogen) atoms. The third-order valence-corrected chi connectivity index (χ3v) is 3.90. The van der Waals surface area contributed by atoms with Gasteiger partial charge in [0.2, 0.25) is 0 Å². The van der Waals surface area contributed by atoms with E-state index in [1.54, 1.807) is 18.3 Å². The topological polar surface area (TPSA) is 70.9 Å². The first-order valence-corrected chi connectivity index (χ1v) is 6.96. The van der Waals surface area contributed by atoms with Crippen LogP contribution in [0.5, 0.6) is 0 Å². The summed E-state index contributed by atoms with van der Waals surface area (Å²) in [5, 5.41) is 17.3. The van der Waals surface area contributed by atoms with E-state index in [0.29, 0.717) is 6.54 Å². The molecule has 2 aromatic carbocycles. The number of fused-ring (bicyclic) bond motifs is 3. The molecule has 0 aliphatic heterocycles. The normalized spacial score (nSPS) is 11.3. The van der Waals surface area contributed by atoms with Gasteiger partial charge in [0, 0.05) is 11.9 Å². The van der Waals surface area contributed by atoms with Crippen molar-refractivity contribution in [1.82, 2.24) is 14.8 Å². The minimum absolute atomic E-state index is 0.287. The number of H-pyrrole nitrogens is 1. The summed E-state index contributed by atoms with van der Waals surface area (Å²) in [5.41, 5.74) is 4.25. The predicted octanol–water partition coefficient (Wildman–Crippen LogP) is 3.26. The standard InChI is InChI=1S/C17H13N3O2/c21-17(22)12-6-7-13-14(8-12)20(15-9-18-19-16(13)15)10-11-4-2-1-3-5-11/h1-9H,10H2,(H,18,19)(H,21,22). The summed E-state index contributed by atoms with van der Waals surface area (Å²) in [5.74, 6) is -0.920. The minimum atomic E-state index is -0.920. The van der Waals surface area contributed by atoms with Gasteiger partial charge in [0.15, 0.2) is 0 Å². The SMILES string of the molecule is O=C(O)c1ccc2c3[nH]ncc3n(Cc3ccccc3)c2c1. The Kier molecular flexibility index (Phi) is 2.72. The number of aromatic amines is 1. The van der Waals surface area contributed by atoms with E-state index in [0.717, 1.165) is 27.5 Å². The maximum absolute atomic E-state index is 11.2. The quantitative estimate of drug-likeness (QED) is 0.608. The highest BCUT2D eigenvalue weighted by Gasteiger charge is 2.14. The molecule has 0 bridgehead atoms. The maximum Gasteiger partial charge on any atom is 0.335 e. The molecule has 2 aromatic heterocycles. The number of carbonyl (C=O) groups is 1. The Bertz CT molecular complexity index is 983. The number of carboxylic acid groups (broad SMARTS) is 1. The summed E-state index contributed by atoms with van der Waals surface area (Å²) < 4.78 is 2.09. The maximum atomic E-state index is 11.2. The molecule has 4 aromatic rings. The summed E-state index contributed by atoms with van der Waals surface area (Å²) in [6.07, 6.45) is 1.78. The Morgan fingerprint density at radius 2 is 1.95 bits per heavy atom. The van der Waals surface area contributed by atoms with Crippen molar-refractivity contribution in [3.8, 4) is 0 Å². The Morgan fingerprint density at radius 3 is 2.73 bits per heavy atom. The van der Waals surface area contributed by atoms with E-state index in [2.05, 4.69) is 26.9 Å². The smallest absolute Gasteiger partial charge is 0.335 e. The Morgan fingerprint density at radius 1 is 1.14 bits per heavy atom. The van der Waals surface area contributed by atoms with E-state index in [1.807, 2.05) is 24.3 Å². The van der Waals surface area contributed by atoms with E-state index < -0.39 is 5.97 Å². The molecule has 5 heteroatoms. The summed E-state index contributed by atoms with van der Waals surface area (Å²) in [4.78, 5) is 11.2. The Balaban J connectivity index is 1.98. The van der Waals surface area contributed by atoms with Crippen LogP contribution in [-0.2, 0) is 6.54 Å². The van der Waals surface area contributed by atoms with Gasteiger partial charge in [-0.1, -0.05) is 30.3 Å². The molecule has 0 amide bonds. The molecule has 0 aliphatic carbocycles. The summed E-state index contributed by atoms with van der Waals surface area (Å²) >= 11 is 0. The Hall–Kier alpha value is -3.08. The fraction of sp³-hybridized carbons (Fsp3) is 0.0588. The first kappa shape index (κ1) is 12.6. The third-order valence-electron chi connectivity index (χ3n) is 3.90. The van der Waals surface area contributed by atoms with Crippen molar-refractivity contribution < 1.29 is 9.90 Å². The zero-order chi connectivity index (χ0) is 15.1. The number of aromatic carboxylic acids is 1. The number of hydrogen-bond acceptors (Lipinski definition) is 2. The summed E-state index contributed by atoms with van der Waals surface area (Å²) in [6.45, 7) is 0.670. The lowest BCUT2D eigenvalue weighted by Gasteiger charge is -2.07. The molecule has 2 N–H and O–H groups in total. The van der Waals surface area contributed by atoms with Gasteiger partial charge in [0.1, 0.15) is 0 Å². The van der Waals surface area contributed by atoms with E-state index >= 15 is 0 Å². The molecule has 0 radical (unpaired) electrons. The number of nitrogens with zero attached hydrogens (tertiary/aromatic N) is 2. The molecule has 0 unspecified atom stereocenters. The van der Waals surface area contributed by atoms with Gasteiger partial charge in [-0.2, -0.15) is 5.10 Å². The van der Waals surface area contributed by atoms with Crippen LogP contribution in [0.25, 0.3) is 21.9 Å². The Labute approximate surface area is 125 Å². The molecule has 0 aliphatic rings. The van der Waals surface area contributed by atoms with Gasteiger partial charge in [-0.05, 0) is 23.8 Å². The van der Waals surface area contributed by atoms with Crippen molar-refractivity contribution >= 4 is 27.9 Å². The van der Waals surface area contributed by atoms with Gasteiger partial charge >= 0.3 is 5.97 Å². The van der Waals surface area contributed by atoms with Crippen LogP contribution in [0, 0.1) is 0 Å². The highest BCUT2D eigenvalue weighted by atomic mass is 16.4. The van der Waals surface area contributed by atoms with Crippen LogP contribution in [0.1, 0.15) is 15.9 Å². The molecule has 0 spiro atoms. The number of nitrogens with one attached hydrogen (secondary N) is 1. The van der Waals surface area contributed by atoms with Crippen LogP contribution in [0.4, 0.5) is 0 Å². The van der Waals surface area contributed by atoms with E-state index in [-0.39, 0.29) is 5.56 Å². The molecule has 0 fully saturated rings. The van der Waals surface area contributed by atoms with Crippen LogP contribution in [-0.4, -0.2) is 25.8 Å². The van der Waals surface area contributed by atoms with E-state index in [1.165, 1.54) is 0 Å². The second-order valence-corrected chi connectivity index (χ2v) is 5.24. The van der Waals surface area contributed by atoms with Crippen molar-refractivity contribution in [2.75, 3.05) is 0 Å². The van der Waals surface area contributed by atoms with Crippen molar-refractivity contribution in [2.24, 2.45) is 0 Å². The van der Waals surface area contributed by atoms with Crippen molar-refractivity contribution in [2.45, 2.75) is 6.54 Å². The molecular formula is C17H13N3O2. The van der Waals surface area contributed by atoms with Crippen LogP contribution in [0.15, 0.2) is 54.7 Å². The summed E-state index contributed by atoms with van der Waals surface area (Å²) in [7, 11) is 0. The molecule has 2 heterocycles. The second-order valence-electron chi connectivity index (χ2n) is 5.24. The second kappa shape index (κ2) is 4.73. The first-order valence-electron chi connectivity index (χ1n) is 6.96. The lowest BCUT2D eigenvalue weighted by Crippen LogP contribution is -2.01. The number of carboxylic acids is 1. The number of benzene rings is 2. The molecule has 5 nitrogen and oxygen atoms in total. The van der Waals surface area contributed by atoms with Gasteiger partial charge in [0.25, 0.3) is 0 Å². The van der Waals surface area contributed by atoms with Crippen LogP contribution in [0.3, 0.4) is 0 Å². The monoisotopic (exact) mass is 291 g/mol. The number of aromatic nitrogens is 3. The fourth-order valence-corrected chi connectivity index (χ4v) is 2.85. The van der Waals surface area contributed by atoms with Gasteiger partial charge in [-0.15, -0.1) is 0 Å². The highest BCUT2D eigenvalue weighted by Crippen LogP contribution is 2.28. The van der Waals surface area contributed by atoms with Crippen molar-refractivity contribution in [1.29, 1.82) is 0 Å². The van der Waals surface area contributed by atoms with Crippen molar-refractivity contribution in [3.05, 3.63) is 65.9 Å². The van der Waals surface area contributed by atoms with Crippen molar-refractivity contribution in [3.63, 3.8) is 0 Å². The summed E-state index contributed by atoms with van der Waals surface area (Å²) in [6, 6.07) is 15.3. The first-order chi connectivity index (χ1) is 10.7. The molecular weight excluding hydrogens is 278 g/mol. The van der Waals surface area contributed by atoms with E-state index in [4.69, 9.17) is 0 Å². The molecule has 108 valence electrons. The predicted molar refractivity (Wildman–Crippen MR) is 84.1 cm³/mol. The molecule has 0 saturated carbocycles. The third kappa shape index (κ3) is 1.87. The van der Waals surface area contributed by atoms with E-state index in [9.17, 15) is 9.90 Å². The lowest BCUT2D eigenvalue weighted by molar-refractivity contribution is 0.0697. The fourth-order valence-electron chi connectivity index (χ4n) is 2.85. The minimum Gasteiger partial charge on any atom is -0.478 e. The highest BCUT2D eigenvalue weighted by molar-refractivity contribution is 6.07. The largest absolute Gasteiger partial charge is 0.478 e. The van der Waals surface area contributed by atoms with Crippen LogP contribution >= 0.6 is 0 Å². The average Bonchev–Trinajstić information content (AvgIpc) is 3.11. The molecule has 0 atom stereocenters. The molecule has 0 saturated heterocycles. The molecule has 4 rings (SSSR count). The van der Waals surface area contributed by atoms with Gasteiger partial charge in [0.05, 0.1) is 28.3 Å². The number of hydrogen-bond donors (Lipinski definition) is 2. The lowest BCUT2D eigenvalue weighted by atomic mass is 10.1.